The molecule has 0 atom stereocenters. The SMILES string of the molecule is Cc1cccc2c([O])cccc12. The molecule has 0 aliphatic heterocycles. The topological polar surface area (TPSA) is 19.9 Å². The second kappa shape index (κ2) is 2.52. The van der Waals surface area contributed by atoms with Gasteiger partial charge in [-0.2, -0.15) is 0 Å². The molecular formula is C11H9O. The van der Waals surface area contributed by atoms with Gasteiger partial charge in [-0.1, -0.05) is 30.3 Å². The summed E-state index contributed by atoms with van der Waals surface area (Å²) in [6.07, 6.45) is 0. The van der Waals surface area contributed by atoms with Crippen LogP contribution in [-0.2, 0) is 5.11 Å². The Morgan fingerprint density at radius 2 is 1.58 bits per heavy atom. The maximum Gasteiger partial charge on any atom is 0.186 e. The summed E-state index contributed by atoms with van der Waals surface area (Å²) in [5, 5.41) is 13.2. The molecule has 0 bridgehead atoms. The number of fused-ring (bicyclic) bond motifs is 1. The van der Waals surface area contributed by atoms with Crippen molar-refractivity contribution in [3.8, 4) is 5.75 Å². The van der Waals surface area contributed by atoms with E-state index in [1.54, 1.807) is 12.1 Å². The maximum atomic E-state index is 11.3. The Morgan fingerprint density at radius 1 is 0.917 bits per heavy atom. The summed E-state index contributed by atoms with van der Waals surface area (Å²) >= 11 is 0. The smallest absolute Gasteiger partial charge is 0.186 e. The van der Waals surface area contributed by atoms with E-state index in [0.29, 0.717) is 0 Å². The second-order valence-electron chi connectivity index (χ2n) is 2.93. The number of hydrogen-bond donors (Lipinski definition) is 0. The van der Waals surface area contributed by atoms with Gasteiger partial charge in [0, 0.05) is 5.39 Å². The van der Waals surface area contributed by atoms with Crippen molar-refractivity contribution in [3.05, 3.63) is 42.0 Å². The zero-order valence-electron chi connectivity index (χ0n) is 6.87. The summed E-state index contributed by atoms with van der Waals surface area (Å²) in [6.45, 7) is 2.02. The van der Waals surface area contributed by atoms with Crippen LogP contribution in [0.2, 0.25) is 0 Å². The van der Waals surface area contributed by atoms with Gasteiger partial charge in [0.15, 0.2) is 5.75 Å². The van der Waals surface area contributed by atoms with E-state index < -0.39 is 0 Å². The summed E-state index contributed by atoms with van der Waals surface area (Å²) in [5.41, 5.74) is 1.16. The van der Waals surface area contributed by atoms with Gasteiger partial charge in [0.25, 0.3) is 0 Å². The average molecular weight is 157 g/mol. The Bertz CT molecular complexity index is 377. The van der Waals surface area contributed by atoms with Gasteiger partial charge < -0.3 is 0 Å². The van der Waals surface area contributed by atoms with E-state index >= 15 is 0 Å². The molecule has 12 heavy (non-hydrogen) atoms. The van der Waals surface area contributed by atoms with E-state index in [-0.39, 0.29) is 5.75 Å². The summed E-state index contributed by atoms with van der Waals surface area (Å²) in [5.74, 6) is 0.108. The molecule has 0 unspecified atom stereocenters. The summed E-state index contributed by atoms with van der Waals surface area (Å²) in [4.78, 5) is 0. The highest BCUT2D eigenvalue weighted by molar-refractivity contribution is 5.90. The third kappa shape index (κ3) is 0.944. The number of hydrogen-bond acceptors (Lipinski definition) is 0. The van der Waals surface area contributed by atoms with Gasteiger partial charge in [-0.25, -0.2) is 0 Å². The molecular weight excluding hydrogens is 148 g/mol. The molecule has 0 saturated heterocycles. The molecule has 0 amide bonds. The van der Waals surface area contributed by atoms with Crippen LogP contribution in [0, 0.1) is 6.92 Å². The molecule has 0 aliphatic rings. The van der Waals surface area contributed by atoms with Crippen molar-refractivity contribution in [2.45, 2.75) is 6.92 Å². The predicted molar refractivity (Wildman–Crippen MR) is 48.8 cm³/mol. The van der Waals surface area contributed by atoms with Crippen LogP contribution in [0.1, 0.15) is 5.56 Å². The molecule has 1 nitrogen and oxygen atoms in total. The van der Waals surface area contributed by atoms with Gasteiger partial charge in [-0.15, -0.1) is 0 Å². The Labute approximate surface area is 71.3 Å². The molecule has 0 aliphatic carbocycles. The molecule has 0 heterocycles. The number of benzene rings is 2. The zero-order valence-corrected chi connectivity index (χ0v) is 6.87. The van der Waals surface area contributed by atoms with Gasteiger partial charge in [-0.3, -0.25) is 5.11 Å². The average Bonchev–Trinajstić information content (AvgIpc) is 2.07. The van der Waals surface area contributed by atoms with Crippen molar-refractivity contribution in [2.75, 3.05) is 0 Å². The Balaban J connectivity index is 2.94. The molecule has 0 spiro atoms. The quantitative estimate of drug-likeness (QED) is 0.559. The van der Waals surface area contributed by atoms with Crippen molar-refractivity contribution >= 4 is 10.8 Å². The van der Waals surface area contributed by atoms with Gasteiger partial charge in [0.2, 0.25) is 0 Å². The van der Waals surface area contributed by atoms with Crippen LogP contribution in [0.15, 0.2) is 36.4 Å². The maximum absolute atomic E-state index is 11.3. The minimum Gasteiger partial charge on any atom is -0.289 e. The van der Waals surface area contributed by atoms with Gasteiger partial charge in [0.05, 0.1) is 0 Å². The summed E-state index contributed by atoms with van der Waals surface area (Å²) in [7, 11) is 0. The number of rotatable bonds is 0. The lowest BCUT2D eigenvalue weighted by molar-refractivity contribution is 0.360. The van der Waals surface area contributed by atoms with Crippen LogP contribution < -0.4 is 0 Å². The van der Waals surface area contributed by atoms with Crippen molar-refractivity contribution in [1.29, 1.82) is 0 Å². The molecule has 1 heteroatoms. The van der Waals surface area contributed by atoms with Crippen LogP contribution in [0.4, 0.5) is 0 Å². The van der Waals surface area contributed by atoms with Crippen molar-refractivity contribution in [1.82, 2.24) is 0 Å². The molecule has 0 saturated carbocycles. The largest absolute Gasteiger partial charge is 0.289 e. The van der Waals surface area contributed by atoms with Gasteiger partial charge in [-0.05, 0) is 23.9 Å². The first-order valence-electron chi connectivity index (χ1n) is 3.94. The van der Waals surface area contributed by atoms with Crippen molar-refractivity contribution in [2.24, 2.45) is 0 Å². The molecule has 59 valence electrons. The fraction of sp³-hybridized carbons (Fsp3) is 0.0909. The third-order valence-electron chi connectivity index (χ3n) is 2.10. The minimum atomic E-state index is 0.108. The lowest BCUT2D eigenvalue weighted by Crippen LogP contribution is -1.76. The third-order valence-corrected chi connectivity index (χ3v) is 2.10. The van der Waals surface area contributed by atoms with E-state index in [1.165, 1.54) is 0 Å². The predicted octanol–water partition coefficient (Wildman–Crippen LogP) is 3.29. The van der Waals surface area contributed by atoms with E-state index in [1.807, 2.05) is 31.2 Å². The highest BCUT2D eigenvalue weighted by Crippen LogP contribution is 2.26. The fourth-order valence-corrected chi connectivity index (χ4v) is 1.44. The molecule has 2 aromatic rings. The van der Waals surface area contributed by atoms with E-state index in [4.69, 9.17) is 0 Å². The van der Waals surface area contributed by atoms with Crippen LogP contribution in [0.3, 0.4) is 0 Å². The van der Waals surface area contributed by atoms with Gasteiger partial charge >= 0.3 is 0 Å². The first kappa shape index (κ1) is 7.17. The molecule has 0 aromatic heterocycles. The second-order valence-corrected chi connectivity index (χ2v) is 2.93. The van der Waals surface area contributed by atoms with Gasteiger partial charge in [0.1, 0.15) is 0 Å². The molecule has 0 N–H and O–H groups in total. The highest BCUT2D eigenvalue weighted by Gasteiger charge is 2.00. The molecule has 2 aromatic carbocycles. The normalized spacial score (nSPS) is 10.4. The molecule has 1 radical (unpaired) electrons. The van der Waals surface area contributed by atoms with E-state index in [2.05, 4.69) is 0 Å². The summed E-state index contributed by atoms with van der Waals surface area (Å²) in [6, 6.07) is 11.2. The first-order chi connectivity index (χ1) is 5.79. The standard InChI is InChI=1S/C11H9O/c1-8-4-2-6-10-9(8)5-3-7-11(10)12/h2-7H,1H3. The van der Waals surface area contributed by atoms with E-state index in [9.17, 15) is 5.11 Å². The highest BCUT2D eigenvalue weighted by atomic mass is 16.3. The molecule has 2 rings (SSSR count). The van der Waals surface area contributed by atoms with Crippen molar-refractivity contribution in [3.63, 3.8) is 0 Å². The zero-order chi connectivity index (χ0) is 8.55. The van der Waals surface area contributed by atoms with Crippen LogP contribution in [-0.4, -0.2) is 0 Å². The van der Waals surface area contributed by atoms with Crippen LogP contribution >= 0.6 is 0 Å². The minimum absolute atomic E-state index is 0.108. The molecule has 0 fully saturated rings. The Kier molecular flexibility index (Phi) is 1.51. The Morgan fingerprint density at radius 3 is 2.33 bits per heavy atom. The lowest BCUT2D eigenvalue weighted by atomic mass is 10.1. The lowest BCUT2D eigenvalue weighted by Gasteiger charge is -2.00. The first-order valence-corrected chi connectivity index (χ1v) is 3.94. The van der Waals surface area contributed by atoms with Crippen molar-refractivity contribution < 1.29 is 5.11 Å². The fourth-order valence-electron chi connectivity index (χ4n) is 1.44. The van der Waals surface area contributed by atoms with Crippen LogP contribution in [0.25, 0.3) is 10.8 Å². The van der Waals surface area contributed by atoms with E-state index in [0.717, 1.165) is 16.3 Å². The Hall–Kier alpha value is -1.50. The summed E-state index contributed by atoms with van der Waals surface area (Å²) < 4.78 is 0. The number of aryl methyl sites for hydroxylation is 1. The monoisotopic (exact) mass is 157 g/mol. The van der Waals surface area contributed by atoms with Crippen LogP contribution in [0.5, 0.6) is 5.75 Å².